The monoisotopic (exact) mass is 340 g/mol. The van der Waals surface area contributed by atoms with Crippen LogP contribution in [0.2, 0.25) is 0 Å². The van der Waals surface area contributed by atoms with E-state index in [0.29, 0.717) is 5.76 Å². The van der Waals surface area contributed by atoms with Gasteiger partial charge in [0.2, 0.25) is 5.91 Å². The fourth-order valence-electron chi connectivity index (χ4n) is 1.63. The van der Waals surface area contributed by atoms with Gasteiger partial charge in [-0.05, 0) is 48.6 Å². The van der Waals surface area contributed by atoms with Crippen molar-refractivity contribution in [2.24, 2.45) is 0 Å². The average Bonchev–Trinajstić information content (AvgIpc) is 2.97. The number of anilines is 1. The number of carbonyl (C=O) groups is 1. The molecule has 0 fully saturated rings. The van der Waals surface area contributed by atoms with E-state index in [2.05, 4.69) is 10.6 Å². The first kappa shape index (κ1) is 16.8. The number of hydrogen-bond donors (Lipinski definition) is 2. The molecule has 23 heavy (non-hydrogen) atoms. The van der Waals surface area contributed by atoms with Gasteiger partial charge in [0.1, 0.15) is 5.76 Å². The van der Waals surface area contributed by atoms with Crippen LogP contribution in [0.5, 0.6) is 0 Å². The van der Waals surface area contributed by atoms with E-state index in [1.165, 1.54) is 30.5 Å². The molecule has 0 atom stereocenters. The molecule has 0 radical (unpaired) electrons. The Morgan fingerprint density at radius 1 is 1.22 bits per heavy atom. The van der Waals surface area contributed by atoms with Gasteiger partial charge in [0.25, 0.3) is 0 Å². The summed E-state index contributed by atoms with van der Waals surface area (Å²) in [6.45, 7) is 0. The molecule has 120 valence electrons. The van der Waals surface area contributed by atoms with Gasteiger partial charge in [0.05, 0.1) is 11.8 Å². The van der Waals surface area contributed by atoms with E-state index < -0.39 is 17.6 Å². The van der Waals surface area contributed by atoms with E-state index in [0.717, 1.165) is 12.1 Å². The predicted octanol–water partition coefficient (Wildman–Crippen LogP) is 3.82. The van der Waals surface area contributed by atoms with Crippen LogP contribution in [0.25, 0.3) is 6.08 Å². The highest BCUT2D eigenvalue weighted by Crippen LogP contribution is 2.30. The second-order valence-electron chi connectivity index (χ2n) is 4.37. The van der Waals surface area contributed by atoms with Gasteiger partial charge in [-0.1, -0.05) is 6.07 Å². The summed E-state index contributed by atoms with van der Waals surface area (Å²) in [6, 6.07) is 7.81. The zero-order valence-electron chi connectivity index (χ0n) is 11.6. The third kappa shape index (κ3) is 5.26. The number of thiocarbonyl (C=S) groups is 1. The smallest absolute Gasteiger partial charge is 0.416 e. The fourth-order valence-corrected chi connectivity index (χ4v) is 1.85. The zero-order chi connectivity index (χ0) is 16.9. The number of halogens is 3. The van der Waals surface area contributed by atoms with E-state index in [1.54, 1.807) is 12.1 Å². The number of alkyl halides is 3. The van der Waals surface area contributed by atoms with Crippen molar-refractivity contribution < 1.29 is 22.4 Å². The van der Waals surface area contributed by atoms with Crippen LogP contribution < -0.4 is 10.6 Å². The van der Waals surface area contributed by atoms with Crippen molar-refractivity contribution in [3.63, 3.8) is 0 Å². The van der Waals surface area contributed by atoms with Gasteiger partial charge in [-0.3, -0.25) is 10.1 Å². The Hall–Kier alpha value is -2.61. The number of rotatable bonds is 3. The third-order valence-corrected chi connectivity index (χ3v) is 2.83. The van der Waals surface area contributed by atoms with Gasteiger partial charge in [-0.2, -0.15) is 13.2 Å². The number of hydrogen-bond acceptors (Lipinski definition) is 3. The Kier molecular flexibility index (Phi) is 5.17. The van der Waals surface area contributed by atoms with Crippen molar-refractivity contribution in [3.05, 3.63) is 60.1 Å². The molecule has 1 aromatic carbocycles. The number of benzene rings is 1. The molecule has 2 N–H and O–H groups in total. The maximum Gasteiger partial charge on any atom is 0.416 e. The van der Waals surface area contributed by atoms with Crippen LogP contribution in [0.4, 0.5) is 18.9 Å². The highest BCUT2D eigenvalue weighted by atomic mass is 32.1. The van der Waals surface area contributed by atoms with Crippen molar-refractivity contribution >= 4 is 35.0 Å². The molecular formula is C15H11F3N2O2S. The van der Waals surface area contributed by atoms with Crippen LogP contribution in [0.3, 0.4) is 0 Å². The summed E-state index contributed by atoms with van der Waals surface area (Å²) in [5.74, 6) is -0.0530. The number of amides is 1. The first-order valence-corrected chi connectivity index (χ1v) is 6.76. The van der Waals surface area contributed by atoms with E-state index in [9.17, 15) is 18.0 Å². The van der Waals surface area contributed by atoms with Crippen LogP contribution >= 0.6 is 12.2 Å². The lowest BCUT2D eigenvalue weighted by Crippen LogP contribution is -2.32. The molecule has 4 nitrogen and oxygen atoms in total. The zero-order valence-corrected chi connectivity index (χ0v) is 12.4. The highest BCUT2D eigenvalue weighted by molar-refractivity contribution is 7.80. The topological polar surface area (TPSA) is 54.3 Å². The molecule has 1 heterocycles. The quantitative estimate of drug-likeness (QED) is 0.659. The maximum absolute atomic E-state index is 12.6. The average molecular weight is 340 g/mol. The maximum atomic E-state index is 12.6. The van der Waals surface area contributed by atoms with Gasteiger partial charge in [0.15, 0.2) is 5.11 Å². The number of carbonyl (C=O) groups excluding carboxylic acids is 1. The lowest BCUT2D eigenvalue weighted by atomic mass is 10.2. The van der Waals surface area contributed by atoms with Gasteiger partial charge in [-0.25, -0.2) is 0 Å². The van der Waals surface area contributed by atoms with Crippen LogP contribution in [0.1, 0.15) is 11.3 Å². The largest absolute Gasteiger partial charge is 0.465 e. The minimum Gasteiger partial charge on any atom is -0.465 e. The van der Waals surface area contributed by atoms with Crippen LogP contribution in [0, 0.1) is 0 Å². The Balaban J connectivity index is 1.93. The molecule has 2 rings (SSSR count). The molecule has 0 aliphatic heterocycles. The Labute approximate surface area is 135 Å². The Bertz CT molecular complexity index is 725. The lowest BCUT2D eigenvalue weighted by molar-refractivity contribution is -0.137. The van der Waals surface area contributed by atoms with Crippen LogP contribution in [0.15, 0.2) is 53.2 Å². The summed E-state index contributed by atoms with van der Waals surface area (Å²) in [7, 11) is 0. The predicted molar refractivity (Wildman–Crippen MR) is 83.5 cm³/mol. The SMILES string of the molecule is O=C(/C=C/c1ccco1)NC(=S)Nc1cccc(C(F)(F)F)c1. The fraction of sp³-hybridized carbons (Fsp3) is 0.0667. The molecule has 2 aromatic rings. The van der Waals surface area contributed by atoms with E-state index in [1.807, 2.05) is 0 Å². The number of nitrogens with one attached hydrogen (secondary N) is 2. The molecule has 0 spiro atoms. The molecule has 8 heteroatoms. The summed E-state index contributed by atoms with van der Waals surface area (Å²) >= 11 is 4.88. The van der Waals surface area contributed by atoms with Gasteiger partial charge >= 0.3 is 6.18 Å². The van der Waals surface area contributed by atoms with E-state index in [-0.39, 0.29) is 10.8 Å². The second-order valence-corrected chi connectivity index (χ2v) is 4.78. The van der Waals surface area contributed by atoms with E-state index in [4.69, 9.17) is 16.6 Å². The molecule has 0 saturated carbocycles. The molecular weight excluding hydrogens is 329 g/mol. The van der Waals surface area contributed by atoms with E-state index >= 15 is 0 Å². The third-order valence-electron chi connectivity index (χ3n) is 2.63. The van der Waals surface area contributed by atoms with Gasteiger partial charge in [-0.15, -0.1) is 0 Å². The molecule has 0 aliphatic rings. The van der Waals surface area contributed by atoms with Crippen molar-refractivity contribution in [1.29, 1.82) is 0 Å². The van der Waals surface area contributed by atoms with Crippen molar-refractivity contribution in [3.8, 4) is 0 Å². The summed E-state index contributed by atoms with van der Waals surface area (Å²) < 4.78 is 42.8. The molecule has 0 bridgehead atoms. The first-order valence-electron chi connectivity index (χ1n) is 6.35. The first-order chi connectivity index (χ1) is 10.8. The molecule has 0 aliphatic carbocycles. The summed E-state index contributed by atoms with van der Waals surface area (Å²) in [4.78, 5) is 11.6. The normalized spacial score (nSPS) is 11.4. The van der Waals surface area contributed by atoms with Gasteiger partial charge in [0, 0.05) is 11.8 Å². The standard InChI is InChI=1S/C15H11F3N2O2S/c16-15(17,18)10-3-1-4-11(9-10)19-14(23)20-13(21)7-6-12-5-2-8-22-12/h1-9H,(H2,19,20,21,23)/b7-6+. The summed E-state index contributed by atoms with van der Waals surface area (Å²) in [5.41, 5.74) is -0.686. The summed E-state index contributed by atoms with van der Waals surface area (Å²) in [5, 5.41) is 4.73. The second kappa shape index (κ2) is 7.10. The minimum atomic E-state index is -4.45. The van der Waals surface area contributed by atoms with Crippen molar-refractivity contribution in [1.82, 2.24) is 5.32 Å². The molecule has 0 unspecified atom stereocenters. The Morgan fingerprint density at radius 2 is 2.00 bits per heavy atom. The van der Waals surface area contributed by atoms with Crippen LogP contribution in [-0.4, -0.2) is 11.0 Å². The highest BCUT2D eigenvalue weighted by Gasteiger charge is 2.30. The van der Waals surface area contributed by atoms with Crippen molar-refractivity contribution in [2.45, 2.75) is 6.18 Å². The minimum absolute atomic E-state index is 0.113. The van der Waals surface area contributed by atoms with Gasteiger partial charge < -0.3 is 9.73 Å². The Morgan fingerprint density at radius 3 is 2.65 bits per heavy atom. The molecule has 0 saturated heterocycles. The van der Waals surface area contributed by atoms with Crippen LogP contribution in [-0.2, 0) is 11.0 Å². The molecule has 1 amide bonds. The van der Waals surface area contributed by atoms with Crippen molar-refractivity contribution in [2.75, 3.05) is 5.32 Å². The number of furan rings is 1. The summed E-state index contributed by atoms with van der Waals surface area (Å²) in [6.07, 6.45) is -0.368. The lowest BCUT2D eigenvalue weighted by Gasteiger charge is -2.11. The molecule has 1 aromatic heterocycles.